The van der Waals surface area contributed by atoms with Crippen LogP contribution < -0.4 is 15.5 Å². The lowest BCUT2D eigenvalue weighted by Crippen LogP contribution is -2.44. The molecule has 0 unspecified atom stereocenters. The summed E-state index contributed by atoms with van der Waals surface area (Å²) in [6, 6.07) is 7.14. The minimum atomic E-state index is -0.214. The first-order valence-electron chi connectivity index (χ1n) is 8.41. The molecule has 6 nitrogen and oxygen atoms in total. The highest BCUT2D eigenvalue weighted by atomic mass is 16.2. The van der Waals surface area contributed by atoms with Gasteiger partial charge in [-0.15, -0.1) is 0 Å². The molecule has 0 atom stereocenters. The van der Waals surface area contributed by atoms with Gasteiger partial charge in [0, 0.05) is 31.3 Å². The van der Waals surface area contributed by atoms with Crippen molar-refractivity contribution < 1.29 is 14.4 Å². The number of rotatable bonds is 5. The number of amides is 3. The van der Waals surface area contributed by atoms with Crippen molar-refractivity contribution in [1.82, 2.24) is 5.32 Å². The summed E-state index contributed by atoms with van der Waals surface area (Å²) in [6.07, 6.45) is 5.51. The van der Waals surface area contributed by atoms with Gasteiger partial charge in [0.25, 0.3) is 0 Å². The molecule has 2 N–H and O–H groups in total. The molecule has 0 aromatic heterocycles. The Kier molecular flexibility index (Phi) is 6.35. The van der Waals surface area contributed by atoms with Gasteiger partial charge in [-0.1, -0.05) is 25.3 Å². The second-order valence-corrected chi connectivity index (χ2v) is 6.24. The largest absolute Gasteiger partial charge is 0.352 e. The Balaban J connectivity index is 2.04. The van der Waals surface area contributed by atoms with E-state index in [9.17, 15) is 14.4 Å². The molecule has 0 heterocycles. The predicted octanol–water partition coefficient (Wildman–Crippen LogP) is 2.45. The van der Waals surface area contributed by atoms with Crippen LogP contribution in [0.25, 0.3) is 0 Å². The van der Waals surface area contributed by atoms with Gasteiger partial charge in [-0.3, -0.25) is 14.4 Å². The van der Waals surface area contributed by atoms with Crippen LogP contribution in [0.15, 0.2) is 24.3 Å². The molecule has 3 amide bonds. The van der Waals surface area contributed by atoms with Crippen molar-refractivity contribution in [3.05, 3.63) is 24.3 Å². The summed E-state index contributed by atoms with van der Waals surface area (Å²) >= 11 is 0. The van der Waals surface area contributed by atoms with Gasteiger partial charge in [0.05, 0.1) is 0 Å². The average Bonchev–Trinajstić information content (AvgIpc) is 2.53. The van der Waals surface area contributed by atoms with Crippen LogP contribution in [-0.4, -0.2) is 30.3 Å². The van der Waals surface area contributed by atoms with Gasteiger partial charge < -0.3 is 15.5 Å². The molecule has 0 aliphatic heterocycles. The average molecular weight is 331 g/mol. The van der Waals surface area contributed by atoms with Crippen LogP contribution in [0.5, 0.6) is 0 Å². The molecule has 2 rings (SSSR count). The van der Waals surface area contributed by atoms with Gasteiger partial charge in [-0.25, -0.2) is 0 Å². The number of hydrogen-bond acceptors (Lipinski definition) is 3. The second-order valence-electron chi connectivity index (χ2n) is 6.24. The third kappa shape index (κ3) is 5.37. The fourth-order valence-electron chi connectivity index (χ4n) is 3.00. The van der Waals surface area contributed by atoms with E-state index < -0.39 is 0 Å². The molecule has 0 bridgehead atoms. The van der Waals surface area contributed by atoms with E-state index in [1.807, 2.05) is 0 Å². The number of anilines is 2. The summed E-state index contributed by atoms with van der Waals surface area (Å²) in [5.41, 5.74) is 1.19. The third-order valence-corrected chi connectivity index (χ3v) is 4.13. The Morgan fingerprint density at radius 2 is 1.83 bits per heavy atom. The summed E-state index contributed by atoms with van der Waals surface area (Å²) in [5.74, 6) is -0.549. The molecular weight excluding hydrogens is 306 g/mol. The third-order valence-electron chi connectivity index (χ3n) is 4.13. The van der Waals surface area contributed by atoms with Crippen LogP contribution in [0.4, 0.5) is 11.4 Å². The summed E-state index contributed by atoms with van der Waals surface area (Å²) < 4.78 is 0. The van der Waals surface area contributed by atoms with E-state index in [-0.39, 0.29) is 30.3 Å². The van der Waals surface area contributed by atoms with E-state index in [1.165, 1.54) is 25.2 Å². The minimum Gasteiger partial charge on any atom is -0.352 e. The minimum absolute atomic E-state index is 0.0185. The molecule has 1 saturated carbocycles. The van der Waals surface area contributed by atoms with Gasteiger partial charge in [0.15, 0.2) is 0 Å². The van der Waals surface area contributed by atoms with Crippen molar-refractivity contribution in [3.63, 3.8) is 0 Å². The second kappa shape index (κ2) is 8.47. The number of nitrogens with one attached hydrogen (secondary N) is 2. The molecule has 0 saturated heterocycles. The fraction of sp³-hybridized carbons (Fsp3) is 0.500. The monoisotopic (exact) mass is 331 g/mol. The Morgan fingerprint density at radius 3 is 2.46 bits per heavy atom. The van der Waals surface area contributed by atoms with Crippen LogP contribution in [0.2, 0.25) is 0 Å². The van der Waals surface area contributed by atoms with Crippen LogP contribution in [0.3, 0.4) is 0 Å². The highest BCUT2D eigenvalue weighted by Gasteiger charge is 2.20. The van der Waals surface area contributed by atoms with Crippen molar-refractivity contribution in [2.24, 2.45) is 0 Å². The molecule has 6 heteroatoms. The van der Waals surface area contributed by atoms with E-state index in [1.54, 1.807) is 24.3 Å². The molecule has 1 aromatic carbocycles. The van der Waals surface area contributed by atoms with Crippen molar-refractivity contribution in [2.75, 3.05) is 16.8 Å². The quantitative estimate of drug-likeness (QED) is 0.870. The maximum absolute atomic E-state index is 12.3. The smallest absolute Gasteiger partial charge is 0.240 e. The Hall–Kier alpha value is -2.37. The number of carbonyl (C=O) groups excluding carboxylic acids is 3. The highest BCUT2D eigenvalue weighted by molar-refractivity contribution is 5.98. The van der Waals surface area contributed by atoms with Gasteiger partial charge in [-0.05, 0) is 31.0 Å². The molecule has 1 aliphatic rings. The predicted molar refractivity (Wildman–Crippen MR) is 93.8 cm³/mol. The van der Waals surface area contributed by atoms with Crippen LogP contribution in [0.1, 0.15) is 46.0 Å². The first kappa shape index (κ1) is 18.0. The standard InChI is InChI=1S/C18H25N3O3/c1-13(22)19-16-9-6-10-17(11-16)21(14(2)23)12-18(24)20-15-7-4-3-5-8-15/h6,9-11,15H,3-5,7-8,12H2,1-2H3,(H,19,22)(H,20,24). The maximum Gasteiger partial charge on any atom is 0.240 e. The first-order valence-corrected chi connectivity index (χ1v) is 8.41. The van der Waals surface area contributed by atoms with E-state index in [0.717, 1.165) is 25.7 Å². The maximum atomic E-state index is 12.3. The van der Waals surface area contributed by atoms with Gasteiger partial charge in [0.1, 0.15) is 6.54 Å². The number of nitrogens with zero attached hydrogens (tertiary/aromatic N) is 1. The van der Waals surface area contributed by atoms with Crippen molar-refractivity contribution in [1.29, 1.82) is 0 Å². The zero-order chi connectivity index (χ0) is 17.5. The summed E-state index contributed by atoms with van der Waals surface area (Å²) in [5, 5.41) is 5.70. The van der Waals surface area contributed by atoms with Gasteiger partial charge in [-0.2, -0.15) is 0 Å². The molecule has 0 radical (unpaired) electrons. The zero-order valence-electron chi connectivity index (χ0n) is 14.3. The molecule has 24 heavy (non-hydrogen) atoms. The summed E-state index contributed by atoms with van der Waals surface area (Å²) in [7, 11) is 0. The van der Waals surface area contributed by atoms with Gasteiger partial charge >= 0.3 is 0 Å². The van der Waals surface area contributed by atoms with Crippen LogP contribution in [-0.2, 0) is 14.4 Å². The van der Waals surface area contributed by atoms with Crippen LogP contribution in [0, 0.1) is 0 Å². The van der Waals surface area contributed by atoms with Gasteiger partial charge in [0.2, 0.25) is 17.7 Å². The topological polar surface area (TPSA) is 78.5 Å². The Morgan fingerprint density at radius 1 is 1.12 bits per heavy atom. The fourth-order valence-corrected chi connectivity index (χ4v) is 3.00. The molecule has 1 fully saturated rings. The number of hydrogen-bond donors (Lipinski definition) is 2. The van der Waals surface area contributed by atoms with E-state index in [4.69, 9.17) is 0 Å². The van der Waals surface area contributed by atoms with Crippen LogP contribution >= 0.6 is 0 Å². The highest BCUT2D eigenvalue weighted by Crippen LogP contribution is 2.20. The summed E-state index contributed by atoms with van der Waals surface area (Å²) in [6.45, 7) is 2.83. The summed E-state index contributed by atoms with van der Waals surface area (Å²) in [4.78, 5) is 36.8. The van der Waals surface area contributed by atoms with E-state index >= 15 is 0 Å². The molecule has 0 spiro atoms. The normalized spacial score (nSPS) is 14.8. The molecule has 1 aliphatic carbocycles. The lowest BCUT2D eigenvalue weighted by atomic mass is 9.95. The molecule has 1 aromatic rings. The first-order chi connectivity index (χ1) is 11.5. The lowest BCUT2D eigenvalue weighted by Gasteiger charge is -2.26. The lowest BCUT2D eigenvalue weighted by molar-refractivity contribution is -0.123. The Labute approximate surface area is 142 Å². The van der Waals surface area contributed by atoms with Crippen molar-refractivity contribution in [2.45, 2.75) is 52.0 Å². The van der Waals surface area contributed by atoms with E-state index in [0.29, 0.717) is 11.4 Å². The molecule has 130 valence electrons. The Bertz CT molecular complexity index is 609. The van der Waals surface area contributed by atoms with Crippen molar-refractivity contribution in [3.8, 4) is 0 Å². The molecular formula is C18H25N3O3. The number of carbonyl (C=O) groups is 3. The zero-order valence-corrected chi connectivity index (χ0v) is 14.3. The number of benzene rings is 1. The SMILES string of the molecule is CC(=O)Nc1cccc(N(CC(=O)NC2CCCCC2)C(C)=O)c1. The van der Waals surface area contributed by atoms with Crippen molar-refractivity contribution >= 4 is 29.1 Å². The van der Waals surface area contributed by atoms with E-state index in [2.05, 4.69) is 10.6 Å².